The van der Waals surface area contributed by atoms with Crippen LogP contribution in [-0.4, -0.2) is 18.7 Å². The lowest BCUT2D eigenvalue weighted by atomic mass is 10.4. The molecule has 3 heteroatoms. The fraction of sp³-hybridized carbons (Fsp3) is 0.500. The van der Waals surface area contributed by atoms with Crippen molar-refractivity contribution in [3.8, 4) is 0 Å². The predicted molar refractivity (Wildman–Crippen MR) is 23.6 cm³/mol. The molecule has 39 valence electrons. The van der Waals surface area contributed by atoms with Crippen LogP contribution in [0.2, 0.25) is 0 Å². The van der Waals surface area contributed by atoms with Crippen LogP contribution >= 0.6 is 0 Å². The fourth-order valence-electron chi connectivity index (χ4n) is 0.432. The molecule has 1 saturated heterocycles. The second-order valence-electron chi connectivity index (χ2n) is 1.41. The molecule has 1 radical (unpaired) electrons. The molecule has 0 aromatic carbocycles. The molecular formula is C4H6NO2. The van der Waals surface area contributed by atoms with Gasteiger partial charge < -0.3 is 10.1 Å². The summed E-state index contributed by atoms with van der Waals surface area (Å²) in [5.74, 6) is 0. The monoisotopic (exact) mass is 100 g/mol. The Bertz CT molecular complexity index is 91.7. The van der Waals surface area contributed by atoms with E-state index in [2.05, 4.69) is 17.0 Å². The number of ether oxygens (including phenoxy) is 1. The predicted octanol–water partition coefficient (Wildman–Crippen LogP) is -0.0711. The molecule has 1 fully saturated rings. The first kappa shape index (κ1) is 4.43. The third-order valence-electron chi connectivity index (χ3n) is 0.748. The van der Waals surface area contributed by atoms with Gasteiger partial charge in [0.2, 0.25) is 0 Å². The highest BCUT2D eigenvalue weighted by atomic mass is 16.6. The van der Waals surface area contributed by atoms with Crippen LogP contribution < -0.4 is 5.32 Å². The second kappa shape index (κ2) is 1.40. The second-order valence-corrected chi connectivity index (χ2v) is 1.41. The highest BCUT2D eigenvalue weighted by molar-refractivity contribution is 5.69. The van der Waals surface area contributed by atoms with Gasteiger partial charge in [0.05, 0.1) is 6.54 Å². The average molecular weight is 100 g/mol. The number of alkyl carbamates (subject to hydrolysis) is 1. The Hall–Kier alpha value is -0.730. The van der Waals surface area contributed by atoms with Gasteiger partial charge in [-0.3, -0.25) is 0 Å². The maximum absolute atomic E-state index is 10.1. The van der Waals surface area contributed by atoms with Crippen molar-refractivity contribution in [2.45, 2.75) is 6.10 Å². The molecule has 0 aromatic heterocycles. The number of cyclic esters (lactones) is 1. The molecule has 1 amide bonds. The minimum atomic E-state index is -0.361. The Labute approximate surface area is 41.7 Å². The first-order valence-electron chi connectivity index (χ1n) is 2.06. The van der Waals surface area contributed by atoms with Crippen molar-refractivity contribution < 1.29 is 9.53 Å². The lowest BCUT2D eigenvalue weighted by Crippen LogP contribution is -2.13. The van der Waals surface area contributed by atoms with Gasteiger partial charge in [-0.15, -0.1) is 0 Å². The van der Waals surface area contributed by atoms with Gasteiger partial charge in [0.15, 0.2) is 0 Å². The average Bonchev–Trinajstić information content (AvgIpc) is 1.87. The SMILES string of the molecule is [CH2][C@@H]1CNC(=O)O1. The first-order valence-corrected chi connectivity index (χ1v) is 2.06. The number of nitrogens with one attached hydrogen (secondary N) is 1. The number of carbonyl (C=O) groups is 1. The molecule has 7 heavy (non-hydrogen) atoms. The van der Waals surface area contributed by atoms with Crippen LogP contribution in [0.3, 0.4) is 0 Å². The van der Waals surface area contributed by atoms with Crippen molar-refractivity contribution in [3.05, 3.63) is 6.92 Å². The molecule has 1 heterocycles. The van der Waals surface area contributed by atoms with Crippen LogP contribution in [0.15, 0.2) is 0 Å². The van der Waals surface area contributed by atoms with Crippen LogP contribution in [0.25, 0.3) is 0 Å². The lowest BCUT2D eigenvalue weighted by Gasteiger charge is -1.92. The molecule has 1 rings (SSSR count). The van der Waals surface area contributed by atoms with Gasteiger partial charge in [-0.2, -0.15) is 0 Å². The molecule has 0 aliphatic carbocycles. The normalized spacial score (nSPS) is 29.3. The summed E-state index contributed by atoms with van der Waals surface area (Å²) in [4.78, 5) is 10.1. The van der Waals surface area contributed by atoms with Crippen LogP contribution in [0, 0.1) is 6.92 Å². The summed E-state index contributed by atoms with van der Waals surface area (Å²) in [7, 11) is 0. The minimum absolute atomic E-state index is 0.188. The first-order chi connectivity index (χ1) is 3.29. The Morgan fingerprint density at radius 1 is 2.00 bits per heavy atom. The quantitative estimate of drug-likeness (QED) is 0.462. The molecule has 1 aliphatic rings. The highest BCUT2D eigenvalue weighted by Crippen LogP contribution is 1.95. The summed E-state index contributed by atoms with van der Waals surface area (Å²) in [6, 6.07) is 0. The number of carbonyl (C=O) groups excluding carboxylic acids is 1. The Kier molecular flexibility index (Phi) is 0.889. The molecule has 1 N–H and O–H groups in total. The summed E-state index contributed by atoms with van der Waals surface area (Å²) < 4.78 is 4.50. The molecule has 0 saturated carbocycles. The molecule has 0 spiro atoms. The van der Waals surface area contributed by atoms with Crippen molar-refractivity contribution in [1.29, 1.82) is 0 Å². The Morgan fingerprint density at radius 3 is 2.86 bits per heavy atom. The molecule has 0 aromatic rings. The van der Waals surface area contributed by atoms with E-state index in [1.54, 1.807) is 0 Å². The van der Waals surface area contributed by atoms with E-state index < -0.39 is 0 Å². The van der Waals surface area contributed by atoms with Crippen molar-refractivity contribution in [1.82, 2.24) is 5.32 Å². The summed E-state index contributed by atoms with van der Waals surface area (Å²) in [5.41, 5.74) is 0. The molecule has 1 aliphatic heterocycles. The smallest absolute Gasteiger partial charge is 0.407 e. The van der Waals surface area contributed by atoms with E-state index in [9.17, 15) is 4.79 Å². The molecule has 1 atom stereocenters. The van der Waals surface area contributed by atoms with E-state index in [0.717, 1.165) is 0 Å². The summed E-state index contributed by atoms with van der Waals surface area (Å²) >= 11 is 0. The zero-order valence-corrected chi connectivity index (χ0v) is 3.81. The van der Waals surface area contributed by atoms with Crippen LogP contribution in [0.5, 0.6) is 0 Å². The lowest BCUT2D eigenvalue weighted by molar-refractivity contribution is 0.157. The zero-order chi connectivity index (χ0) is 5.28. The van der Waals surface area contributed by atoms with E-state index in [0.29, 0.717) is 6.54 Å². The topological polar surface area (TPSA) is 38.3 Å². The third kappa shape index (κ3) is 0.824. The largest absolute Gasteiger partial charge is 0.444 e. The van der Waals surface area contributed by atoms with Crippen molar-refractivity contribution in [2.24, 2.45) is 0 Å². The van der Waals surface area contributed by atoms with Gasteiger partial charge in [0, 0.05) is 0 Å². The number of rotatable bonds is 0. The van der Waals surface area contributed by atoms with Crippen LogP contribution in [-0.2, 0) is 4.74 Å². The molecule has 0 unspecified atom stereocenters. The van der Waals surface area contributed by atoms with Gasteiger partial charge >= 0.3 is 6.09 Å². The van der Waals surface area contributed by atoms with E-state index >= 15 is 0 Å². The van der Waals surface area contributed by atoms with Crippen molar-refractivity contribution in [2.75, 3.05) is 6.54 Å². The number of hydrogen-bond donors (Lipinski definition) is 1. The number of amides is 1. The van der Waals surface area contributed by atoms with Crippen molar-refractivity contribution in [3.63, 3.8) is 0 Å². The van der Waals surface area contributed by atoms with Crippen LogP contribution in [0.4, 0.5) is 4.79 Å². The maximum atomic E-state index is 10.1. The third-order valence-corrected chi connectivity index (χ3v) is 0.748. The van der Waals surface area contributed by atoms with Gasteiger partial charge in [-0.05, 0) is 6.92 Å². The molecule has 3 nitrogen and oxygen atoms in total. The zero-order valence-electron chi connectivity index (χ0n) is 3.81. The van der Waals surface area contributed by atoms with Crippen molar-refractivity contribution >= 4 is 6.09 Å². The van der Waals surface area contributed by atoms with E-state index in [1.807, 2.05) is 0 Å². The summed E-state index contributed by atoms with van der Waals surface area (Å²) in [6.07, 6.45) is -0.549. The summed E-state index contributed by atoms with van der Waals surface area (Å²) in [5, 5.41) is 2.45. The van der Waals surface area contributed by atoms with Crippen LogP contribution in [0.1, 0.15) is 0 Å². The maximum Gasteiger partial charge on any atom is 0.407 e. The van der Waals surface area contributed by atoms with Gasteiger partial charge in [0.1, 0.15) is 6.10 Å². The van der Waals surface area contributed by atoms with E-state index in [-0.39, 0.29) is 12.2 Å². The Morgan fingerprint density at radius 2 is 2.71 bits per heavy atom. The standard InChI is InChI=1S/C4H6NO2/c1-3-2-5-4(6)7-3/h3H,1-2H2,(H,5,6)/t3-/m1/s1. The van der Waals surface area contributed by atoms with Gasteiger partial charge in [0.25, 0.3) is 0 Å². The number of hydrogen-bond acceptors (Lipinski definition) is 2. The van der Waals surface area contributed by atoms with Gasteiger partial charge in [-0.25, -0.2) is 4.79 Å². The molecular weight excluding hydrogens is 94.0 g/mol. The minimum Gasteiger partial charge on any atom is -0.444 e. The Balaban J connectivity index is 2.40. The summed E-state index contributed by atoms with van der Waals surface area (Å²) in [6.45, 7) is 4.02. The molecule has 0 bridgehead atoms. The van der Waals surface area contributed by atoms with Gasteiger partial charge in [-0.1, -0.05) is 0 Å². The van der Waals surface area contributed by atoms with E-state index in [1.165, 1.54) is 0 Å². The highest BCUT2D eigenvalue weighted by Gasteiger charge is 2.16. The van der Waals surface area contributed by atoms with E-state index in [4.69, 9.17) is 0 Å². The fourth-order valence-corrected chi connectivity index (χ4v) is 0.432.